The lowest BCUT2D eigenvalue weighted by Crippen LogP contribution is -2.41. The number of nitrogen functional groups attached to an aromatic ring is 5. The number of nitro groups is 1. The molecule has 0 bridgehead atoms. The Hall–Kier alpha value is -2.29. The number of alkyl halides is 3. The van der Waals surface area contributed by atoms with E-state index in [9.17, 15) is 10.1 Å². The summed E-state index contributed by atoms with van der Waals surface area (Å²) in [7, 11) is -0.152. The zero-order chi connectivity index (χ0) is 65.7. The van der Waals surface area contributed by atoms with Crippen molar-refractivity contribution in [2.24, 2.45) is 0 Å². The number of aliphatic hydroxyl groups excluding tert-OH is 1. The average molecular weight is 1720 g/mol. The maximum Gasteiger partial charge on any atom is 0.505 e. The molecule has 0 radical (unpaired) electrons. The Bertz CT molecular complexity index is 3190. The quantitative estimate of drug-likeness (QED) is 0.0307. The minimum absolute atomic E-state index is 0.0724. The second kappa shape index (κ2) is 32.8. The molecule has 7 aromatic rings. The Morgan fingerprint density at radius 2 is 0.849 bits per heavy atom. The monoisotopic (exact) mass is 1720 g/mol. The van der Waals surface area contributed by atoms with E-state index in [-0.39, 0.29) is 52.1 Å². The van der Waals surface area contributed by atoms with Gasteiger partial charge in [-0.2, -0.15) is 0 Å². The van der Waals surface area contributed by atoms with Crippen LogP contribution in [0.4, 0.5) is 34.1 Å². The van der Waals surface area contributed by atoms with E-state index >= 15 is 0 Å². The molecule has 0 saturated carbocycles. The molecular weight excluding hydrogens is 1640 g/mol. The molecule has 86 heavy (non-hydrogen) atoms. The third-order valence-electron chi connectivity index (χ3n) is 13.8. The smallest absolute Gasteiger partial charge is 0.405 e. The summed E-state index contributed by atoms with van der Waals surface area (Å²) in [6.45, 7) is 34.9. The number of anilines is 5. The topological polar surface area (TPSA) is 288 Å². The van der Waals surface area contributed by atoms with Gasteiger partial charge in [-0.15, -0.1) is 45.3 Å². The lowest BCUT2D eigenvalue weighted by molar-refractivity contribution is -0.383. The van der Waals surface area contributed by atoms with Crippen LogP contribution < -0.4 is 33.4 Å². The minimum atomic E-state index is -0.476. The standard InChI is InChI=1S/C12H24B2O4.C11H17BO2S.C10H9N3O2S.C10H11N3S.C5H6BrN3.C5H5BrS.C2H3I3.CH4O/c1-9(2)10(3,4)16-13(15-9)14-17-11(5,6)12(7,8)18-14;1-8-6-7-9(15-8)12-13-10(2,3)11(4,5)14-12;1-6-2-3-9(16-6)7-4-12-5-8(11)10(7)13(14)15;1-6-2-3-9(14-6)7-4-13-5-8(11)10(7)12;6-3-1-9-2-4(7)5(3)8;1-4-2-3-5(6)7-4;1-2(3,4)5;1-2/h1-8H3;6-7H,1-5H3;2-5H,11H2,1H3;2-5H,11H2,1H3,(H2,12,13);1-2H,7H2,(H2,8,9);2-3H,1H3;1H3;2H,1H3. The number of nitrogens with two attached hydrogens (primary N) is 5. The van der Waals surface area contributed by atoms with Crippen molar-refractivity contribution in [1.29, 1.82) is 0 Å². The number of hydrogen-bond acceptors (Lipinski definition) is 21. The van der Waals surface area contributed by atoms with Crippen molar-refractivity contribution < 1.29 is 38.0 Å². The van der Waals surface area contributed by atoms with Gasteiger partial charge in [0.25, 0.3) is 0 Å². The van der Waals surface area contributed by atoms with Gasteiger partial charge in [0.15, 0.2) is 0 Å². The Kier molecular flexibility index (Phi) is 29.8. The number of hydrogen-bond donors (Lipinski definition) is 6. The summed E-state index contributed by atoms with van der Waals surface area (Å²) in [4.78, 5) is 29.1. The molecular formula is C56H79B3Br2I3N9O9S4. The molecule has 470 valence electrons. The van der Waals surface area contributed by atoms with E-state index in [2.05, 4.69) is 200 Å². The maximum absolute atomic E-state index is 10.9. The fourth-order valence-corrected chi connectivity index (χ4v) is 11.5. The molecule has 0 atom stereocenters. The largest absolute Gasteiger partial charge is 0.505 e. The van der Waals surface area contributed by atoms with E-state index in [1.165, 1.54) is 48.3 Å². The summed E-state index contributed by atoms with van der Waals surface area (Å²) in [5.41, 5.74) is 29.7. The second-order valence-corrected chi connectivity index (χ2v) is 42.5. The molecule has 3 aliphatic heterocycles. The van der Waals surface area contributed by atoms with Crippen LogP contribution in [0.25, 0.3) is 20.9 Å². The van der Waals surface area contributed by atoms with Gasteiger partial charge in [-0.3, -0.25) is 25.1 Å². The fourth-order valence-electron chi connectivity index (χ4n) is 7.10. The van der Waals surface area contributed by atoms with Crippen molar-refractivity contribution in [1.82, 2.24) is 15.0 Å². The average Bonchev–Trinajstić information content (AvgIpc) is 1.70. The van der Waals surface area contributed by atoms with Gasteiger partial charge in [-0.05, 0) is 192 Å². The number of aryl methyl sites for hydroxylation is 4. The molecule has 3 fully saturated rings. The summed E-state index contributed by atoms with van der Waals surface area (Å²) in [5, 5.41) is 17.9. The Morgan fingerprint density at radius 3 is 1.17 bits per heavy atom. The maximum atomic E-state index is 10.9. The third-order valence-corrected chi connectivity index (χ3v) is 19.1. The van der Waals surface area contributed by atoms with Crippen LogP contribution in [0.5, 0.6) is 0 Å². The first-order valence-electron chi connectivity index (χ1n) is 26.5. The molecule has 0 unspecified atom stereocenters. The van der Waals surface area contributed by atoms with Crippen LogP contribution in [0.15, 0.2) is 94.0 Å². The van der Waals surface area contributed by atoms with Crippen LogP contribution in [0.2, 0.25) is 0 Å². The number of aliphatic hydroxyl groups is 1. The second-order valence-electron chi connectivity index (χ2n) is 22.4. The highest BCUT2D eigenvalue weighted by atomic mass is 127. The fraction of sp³-hybridized carbons (Fsp3) is 0.446. The molecule has 10 rings (SSSR count). The molecule has 10 heterocycles. The number of pyridine rings is 3. The normalized spacial score (nSPS) is 16.9. The predicted octanol–water partition coefficient (Wildman–Crippen LogP) is 15.9. The summed E-state index contributed by atoms with van der Waals surface area (Å²) < 4.78 is 39.3. The predicted molar refractivity (Wildman–Crippen MR) is 398 cm³/mol. The first-order valence-corrected chi connectivity index (χ1v) is 34.6. The van der Waals surface area contributed by atoms with E-state index in [0.29, 0.717) is 27.7 Å². The highest BCUT2D eigenvalue weighted by Crippen LogP contribution is 2.44. The molecule has 0 aromatic carbocycles. The van der Waals surface area contributed by atoms with Gasteiger partial charge in [-0.1, -0.05) is 73.8 Å². The van der Waals surface area contributed by atoms with E-state index in [4.69, 9.17) is 61.7 Å². The van der Waals surface area contributed by atoms with Crippen LogP contribution in [0.3, 0.4) is 0 Å². The van der Waals surface area contributed by atoms with Gasteiger partial charge in [0, 0.05) is 65.3 Å². The van der Waals surface area contributed by atoms with Gasteiger partial charge in [0.05, 0.1) is 93.7 Å². The zero-order valence-corrected chi connectivity index (χ0v) is 64.6. The van der Waals surface area contributed by atoms with E-state index in [1.54, 1.807) is 52.6 Å². The van der Waals surface area contributed by atoms with Gasteiger partial charge < -0.3 is 61.7 Å². The van der Waals surface area contributed by atoms with Gasteiger partial charge in [-0.25, -0.2) is 0 Å². The van der Waals surface area contributed by atoms with Crippen molar-refractivity contribution in [2.75, 3.05) is 35.8 Å². The zero-order valence-electron chi connectivity index (χ0n) is 51.7. The molecule has 18 nitrogen and oxygen atoms in total. The Balaban J connectivity index is 0.000000269. The number of thiophene rings is 4. The first kappa shape index (κ1) is 78.0. The van der Waals surface area contributed by atoms with E-state index < -0.39 is 18.9 Å². The van der Waals surface area contributed by atoms with Gasteiger partial charge >= 0.3 is 26.8 Å². The van der Waals surface area contributed by atoms with Crippen molar-refractivity contribution in [3.8, 4) is 20.9 Å². The van der Waals surface area contributed by atoms with Crippen LogP contribution >= 0.6 is 145 Å². The Labute approximate surface area is 582 Å². The van der Waals surface area contributed by atoms with Crippen molar-refractivity contribution in [3.63, 3.8) is 0 Å². The molecule has 0 spiro atoms. The summed E-state index contributed by atoms with van der Waals surface area (Å²) in [6.07, 6.45) is 9.20. The Morgan fingerprint density at radius 1 is 0.512 bits per heavy atom. The molecule has 7 aromatic heterocycles. The van der Waals surface area contributed by atoms with Crippen LogP contribution in [-0.4, -0.2) is 86.3 Å². The summed E-state index contributed by atoms with van der Waals surface area (Å²) in [6, 6.07) is 16.2. The van der Waals surface area contributed by atoms with Crippen molar-refractivity contribution >= 4 is 205 Å². The number of rotatable bonds is 5. The first-order chi connectivity index (χ1) is 39.5. The third kappa shape index (κ3) is 22.8. The van der Waals surface area contributed by atoms with E-state index in [1.807, 2.05) is 80.5 Å². The summed E-state index contributed by atoms with van der Waals surface area (Å²) >= 11 is 20.2. The number of nitrogens with zero attached hydrogens (tertiary/aromatic N) is 4. The number of halogens is 5. The van der Waals surface area contributed by atoms with Crippen molar-refractivity contribution in [2.45, 2.75) is 151 Å². The number of aromatic nitrogens is 3. The van der Waals surface area contributed by atoms with Gasteiger partial charge in [0.2, 0.25) is 0 Å². The lowest BCUT2D eigenvalue weighted by atomic mass is 9.49. The molecule has 0 amide bonds. The molecule has 0 aliphatic carbocycles. The van der Waals surface area contributed by atoms with Crippen molar-refractivity contribution in [3.05, 3.63) is 124 Å². The molecule has 11 N–H and O–H groups in total. The summed E-state index contributed by atoms with van der Waals surface area (Å²) in [5.74, 6) is 0. The molecule has 3 saturated heterocycles. The molecule has 30 heteroatoms. The lowest BCUT2D eigenvalue weighted by Gasteiger charge is -2.32. The van der Waals surface area contributed by atoms with Crippen LogP contribution in [0, 0.1) is 37.8 Å². The van der Waals surface area contributed by atoms with E-state index in [0.717, 1.165) is 36.6 Å². The van der Waals surface area contributed by atoms with Gasteiger partial charge in [0.1, 0.15) is 5.12 Å². The molecule has 3 aliphatic rings. The highest BCUT2D eigenvalue weighted by molar-refractivity contribution is 14.3. The van der Waals surface area contributed by atoms with Crippen LogP contribution in [-0.2, 0) is 27.9 Å². The minimum Gasteiger partial charge on any atom is -0.405 e. The van der Waals surface area contributed by atoms with Crippen LogP contribution in [0.1, 0.15) is 110 Å². The SMILES string of the molecule is CC(I)(I)I.CC1(C)OB(B2OC(C)(C)C(C)(C)O2)OC1(C)C.CO.Cc1ccc(-c2cncc(N)c2N)s1.Cc1ccc(-c2cncc(N)c2[N+](=O)[O-])s1.Cc1ccc(B2OC(C)(C)C(C)(C)O2)s1.Cc1ccc(Br)s1.Nc1cncc(Br)c1N. The highest BCUT2D eigenvalue weighted by Gasteiger charge is 2.63.